The molecule has 7 heteroatoms. The van der Waals surface area contributed by atoms with Crippen molar-refractivity contribution in [1.82, 2.24) is 9.80 Å². The molecule has 0 spiro atoms. The highest BCUT2D eigenvalue weighted by Crippen LogP contribution is 2.32. The van der Waals surface area contributed by atoms with Gasteiger partial charge in [0.25, 0.3) is 5.91 Å². The second-order valence-electron chi connectivity index (χ2n) is 9.34. The fourth-order valence-corrected chi connectivity index (χ4v) is 5.11. The molecule has 0 unspecified atom stereocenters. The number of amides is 1. The summed E-state index contributed by atoms with van der Waals surface area (Å²) in [6.45, 7) is 12.6. The average Bonchev–Trinajstić information content (AvgIpc) is 3.01. The topological polar surface area (TPSA) is 48.1 Å². The Labute approximate surface area is 212 Å². The molecule has 1 fully saturated rings. The summed E-state index contributed by atoms with van der Waals surface area (Å²) in [4.78, 5) is 20.5. The van der Waals surface area contributed by atoms with E-state index in [2.05, 4.69) is 44.9 Å². The average molecular weight is 530 g/mol. The van der Waals surface area contributed by atoms with Gasteiger partial charge in [-0.25, -0.2) is 0 Å². The van der Waals surface area contributed by atoms with Gasteiger partial charge in [0.15, 0.2) is 0 Å². The maximum atomic E-state index is 13.5. The lowest BCUT2D eigenvalue weighted by Crippen LogP contribution is -2.46. The minimum absolute atomic E-state index is 0.00523. The molecule has 4 rings (SSSR count). The van der Waals surface area contributed by atoms with Crippen LogP contribution in [0.25, 0.3) is 0 Å². The van der Waals surface area contributed by atoms with Crippen molar-refractivity contribution in [3.05, 3.63) is 52.5 Å². The van der Waals surface area contributed by atoms with Crippen LogP contribution in [0.2, 0.25) is 0 Å². The van der Waals surface area contributed by atoms with Gasteiger partial charge < -0.3 is 24.8 Å². The van der Waals surface area contributed by atoms with Crippen LogP contribution in [0.3, 0.4) is 0 Å². The number of carbonyl (C=O) groups excluding carboxylic acids is 1. The molecule has 0 aromatic heterocycles. The highest BCUT2D eigenvalue weighted by molar-refractivity contribution is 9.10. The number of anilines is 2. The van der Waals surface area contributed by atoms with E-state index < -0.39 is 0 Å². The van der Waals surface area contributed by atoms with Crippen molar-refractivity contribution >= 4 is 33.2 Å². The molecule has 0 bridgehead atoms. The molecule has 1 N–H and O–H groups in total. The monoisotopic (exact) mass is 528 g/mol. The Kier molecular flexibility index (Phi) is 8.86. The third kappa shape index (κ3) is 6.32. The molecule has 2 aliphatic heterocycles. The van der Waals surface area contributed by atoms with Crippen molar-refractivity contribution in [3.63, 3.8) is 0 Å². The van der Waals surface area contributed by atoms with E-state index in [-0.39, 0.29) is 5.91 Å². The molecule has 2 aromatic carbocycles. The molecule has 6 nitrogen and oxygen atoms in total. The zero-order chi connectivity index (χ0) is 23.9. The quantitative estimate of drug-likeness (QED) is 0.483. The Balaban J connectivity index is 1.35. The molecule has 0 aliphatic carbocycles. The van der Waals surface area contributed by atoms with Crippen molar-refractivity contribution in [2.75, 3.05) is 62.6 Å². The molecule has 2 heterocycles. The van der Waals surface area contributed by atoms with Gasteiger partial charge in [0.05, 0.1) is 22.5 Å². The van der Waals surface area contributed by atoms with E-state index in [0.29, 0.717) is 24.8 Å². The van der Waals surface area contributed by atoms with E-state index in [1.54, 1.807) is 0 Å². The van der Waals surface area contributed by atoms with E-state index in [9.17, 15) is 4.79 Å². The van der Waals surface area contributed by atoms with Crippen LogP contribution in [-0.2, 0) is 0 Å². The van der Waals surface area contributed by atoms with Crippen LogP contribution in [0.1, 0.15) is 43.5 Å². The van der Waals surface area contributed by atoms with E-state index in [1.165, 1.54) is 26.1 Å². The molecule has 1 amide bonds. The summed E-state index contributed by atoms with van der Waals surface area (Å²) in [6, 6.07) is 14.0. The largest absolute Gasteiger partial charge is 0.492 e. The lowest BCUT2D eigenvalue weighted by molar-refractivity contribution is 0.0986. The summed E-state index contributed by atoms with van der Waals surface area (Å²) < 4.78 is 6.99. The van der Waals surface area contributed by atoms with Gasteiger partial charge in [-0.3, -0.25) is 4.79 Å². The summed E-state index contributed by atoms with van der Waals surface area (Å²) in [5.41, 5.74) is 2.58. The molecule has 184 valence electrons. The van der Waals surface area contributed by atoms with Crippen molar-refractivity contribution in [3.8, 4) is 5.75 Å². The third-order valence-corrected chi connectivity index (χ3v) is 7.34. The second-order valence-corrected chi connectivity index (χ2v) is 10.2. The number of rotatable bonds is 8. The maximum absolute atomic E-state index is 13.5. The summed E-state index contributed by atoms with van der Waals surface area (Å²) >= 11 is 3.60. The first-order chi connectivity index (χ1) is 16.5. The SMILES string of the molecule is CCCN1CCN(CCCOc2cc(C(=O)N3CC[C@H](C)Nc4ccccc43)ccc2Br)CC1. The minimum Gasteiger partial charge on any atom is -0.492 e. The molecule has 0 saturated carbocycles. The van der Waals surface area contributed by atoms with E-state index >= 15 is 0 Å². The van der Waals surface area contributed by atoms with Crippen molar-refractivity contribution in [1.29, 1.82) is 0 Å². The third-order valence-electron chi connectivity index (χ3n) is 6.69. The number of para-hydroxylation sites is 2. The van der Waals surface area contributed by atoms with Gasteiger partial charge in [0, 0.05) is 50.9 Å². The predicted octanol–water partition coefficient (Wildman–Crippen LogP) is 5.10. The van der Waals surface area contributed by atoms with Crippen molar-refractivity contribution < 1.29 is 9.53 Å². The van der Waals surface area contributed by atoms with Crippen LogP contribution in [-0.4, -0.2) is 74.2 Å². The first-order valence-corrected chi connectivity index (χ1v) is 13.4. The Morgan fingerprint density at radius 3 is 2.56 bits per heavy atom. The number of piperazine rings is 1. The van der Waals surface area contributed by atoms with Gasteiger partial charge in [-0.15, -0.1) is 0 Å². The summed E-state index contributed by atoms with van der Waals surface area (Å²) in [7, 11) is 0. The molecular formula is C27H37BrN4O2. The molecule has 2 aliphatic rings. The van der Waals surface area contributed by atoms with Gasteiger partial charge in [-0.1, -0.05) is 19.1 Å². The molecule has 34 heavy (non-hydrogen) atoms. The van der Waals surface area contributed by atoms with Crippen LogP contribution in [0.4, 0.5) is 11.4 Å². The van der Waals surface area contributed by atoms with Gasteiger partial charge in [-0.05, 0) is 79.0 Å². The number of benzene rings is 2. The highest BCUT2D eigenvalue weighted by Gasteiger charge is 2.25. The number of nitrogens with zero attached hydrogens (tertiary/aromatic N) is 3. The van der Waals surface area contributed by atoms with E-state index in [0.717, 1.165) is 54.1 Å². The molecule has 1 atom stereocenters. The standard InChI is InChI=1S/C27H37BrN4O2/c1-3-12-30-15-17-31(18-16-30)13-6-19-34-26-20-22(9-10-23(26)28)27(33)32-14-11-21(2)29-24-7-4-5-8-25(24)32/h4-5,7-10,20-21,29H,3,6,11-19H2,1-2H3/t21-/m0/s1. The number of fused-ring (bicyclic) bond motifs is 1. The second kappa shape index (κ2) is 12.0. The lowest BCUT2D eigenvalue weighted by atomic mass is 10.1. The molecule has 1 saturated heterocycles. The first-order valence-electron chi connectivity index (χ1n) is 12.6. The molecule has 0 radical (unpaired) electrons. The number of halogens is 1. The normalized spacial score (nSPS) is 19.3. The van der Waals surface area contributed by atoms with Crippen molar-refractivity contribution in [2.45, 2.75) is 39.2 Å². The number of hydrogen-bond donors (Lipinski definition) is 1. The van der Waals surface area contributed by atoms with Gasteiger partial charge >= 0.3 is 0 Å². The van der Waals surface area contributed by atoms with Crippen LogP contribution in [0.5, 0.6) is 5.75 Å². The van der Waals surface area contributed by atoms with E-state index in [4.69, 9.17) is 4.74 Å². The Morgan fingerprint density at radius 2 is 1.79 bits per heavy atom. The number of ether oxygens (including phenoxy) is 1. The zero-order valence-electron chi connectivity index (χ0n) is 20.4. The van der Waals surface area contributed by atoms with Gasteiger partial charge in [0.1, 0.15) is 5.75 Å². The zero-order valence-corrected chi connectivity index (χ0v) is 22.0. The highest BCUT2D eigenvalue weighted by atomic mass is 79.9. The summed E-state index contributed by atoms with van der Waals surface area (Å²) in [5.74, 6) is 0.735. The Morgan fingerprint density at radius 1 is 1.06 bits per heavy atom. The Hall–Kier alpha value is -2.09. The predicted molar refractivity (Wildman–Crippen MR) is 143 cm³/mol. The molecular weight excluding hydrogens is 492 g/mol. The van der Waals surface area contributed by atoms with Crippen LogP contribution >= 0.6 is 15.9 Å². The van der Waals surface area contributed by atoms with Gasteiger partial charge in [0.2, 0.25) is 0 Å². The fraction of sp³-hybridized carbons (Fsp3) is 0.519. The maximum Gasteiger partial charge on any atom is 0.258 e. The number of hydrogen-bond acceptors (Lipinski definition) is 5. The van der Waals surface area contributed by atoms with Crippen LogP contribution in [0, 0.1) is 0 Å². The van der Waals surface area contributed by atoms with E-state index in [1.807, 2.05) is 47.4 Å². The van der Waals surface area contributed by atoms with Crippen LogP contribution < -0.4 is 15.0 Å². The lowest BCUT2D eigenvalue weighted by Gasteiger charge is -2.34. The summed E-state index contributed by atoms with van der Waals surface area (Å²) in [5, 5.41) is 3.52. The minimum atomic E-state index is 0.00523. The van der Waals surface area contributed by atoms with Crippen LogP contribution in [0.15, 0.2) is 46.9 Å². The number of nitrogens with one attached hydrogen (secondary N) is 1. The van der Waals surface area contributed by atoms with Gasteiger partial charge in [-0.2, -0.15) is 0 Å². The molecule has 2 aromatic rings. The smallest absolute Gasteiger partial charge is 0.258 e. The fourth-order valence-electron chi connectivity index (χ4n) is 4.75. The number of carbonyl (C=O) groups is 1. The first kappa shape index (κ1) is 25.0. The van der Waals surface area contributed by atoms with Crippen molar-refractivity contribution in [2.24, 2.45) is 0 Å². The Bertz CT molecular complexity index is 961. The summed E-state index contributed by atoms with van der Waals surface area (Å²) in [6.07, 6.45) is 3.10.